The van der Waals surface area contributed by atoms with Gasteiger partial charge in [-0.1, -0.05) is 80.0 Å². The first-order valence-electron chi connectivity index (χ1n) is 19.0. The summed E-state index contributed by atoms with van der Waals surface area (Å²) in [5.41, 5.74) is 8.26. The third kappa shape index (κ3) is 13.7. The maximum absolute atomic E-state index is 14.0. The van der Waals surface area contributed by atoms with Gasteiger partial charge in [-0.25, -0.2) is 8.42 Å². The molecule has 0 fully saturated rings. The molecule has 0 unspecified atom stereocenters. The number of primary amides is 1. The first-order valence-corrected chi connectivity index (χ1v) is 21.2. The number of anilines is 1. The Kier molecular flexibility index (Phi) is 16.2. The molecule has 4 rings (SSSR count). The zero-order valence-corrected chi connectivity index (χ0v) is 35.5. The fraction of sp³-hybridized carbons (Fsp3) is 0.326. The zero-order chi connectivity index (χ0) is 43.4. The predicted molar refractivity (Wildman–Crippen MR) is 229 cm³/mol. The van der Waals surface area contributed by atoms with Crippen molar-refractivity contribution in [1.29, 1.82) is 0 Å². The lowest BCUT2D eigenvalue weighted by molar-refractivity contribution is -0.131. The third-order valence-electron chi connectivity index (χ3n) is 9.68. The van der Waals surface area contributed by atoms with E-state index in [-0.39, 0.29) is 41.7 Å². The Labute approximate surface area is 350 Å². The fourth-order valence-electron chi connectivity index (χ4n) is 6.04. The molecule has 0 aliphatic rings. The lowest BCUT2D eigenvalue weighted by Crippen LogP contribution is -2.55. The fourth-order valence-corrected chi connectivity index (χ4v) is 6.73. The molecule has 0 bridgehead atoms. The highest BCUT2D eigenvalue weighted by Gasteiger charge is 2.27. The average Bonchev–Trinajstić information content (AvgIpc) is 3.20. The molecular formula is C43H52ClN7O7S. The summed E-state index contributed by atoms with van der Waals surface area (Å²) in [6, 6.07) is 24.4. The van der Waals surface area contributed by atoms with Gasteiger partial charge in [-0.3, -0.25) is 28.3 Å². The lowest BCUT2D eigenvalue weighted by Gasteiger charge is -2.26. The number of sulfonamides is 1. The van der Waals surface area contributed by atoms with Gasteiger partial charge >= 0.3 is 0 Å². The molecule has 5 amide bonds. The summed E-state index contributed by atoms with van der Waals surface area (Å²) < 4.78 is 26.1. The molecule has 0 heterocycles. The minimum absolute atomic E-state index is 0.0389. The van der Waals surface area contributed by atoms with Crippen molar-refractivity contribution in [1.82, 2.24) is 26.6 Å². The minimum Gasteiger partial charge on any atom is -0.366 e. The minimum atomic E-state index is -3.77. The van der Waals surface area contributed by atoms with Crippen LogP contribution < -0.4 is 36.6 Å². The van der Waals surface area contributed by atoms with E-state index < -0.39 is 57.8 Å². The number of carbonyl (C=O) groups is 5. The second-order valence-electron chi connectivity index (χ2n) is 14.7. The summed E-state index contributed by atoms with van der Waals surface area (Å²) in [6.45, 7) is 7.35. The number of amides is 5. The van der Waals surface area contributed by atoms with Crippen LogP contribution in [-0.2, 0) is 32.6 Å². The molecule has 16 heteroatoms. The molecule has 7 N–H and O–H groups in total. The Morgan fingerprint density at radius 3 is 1.93 bits per heavy atom. The largest absolute Gasteiger partial charge is 0.366 e. The van der Waals surface area contributed by atoms with Crippen molar-refractivity contribution in [2.45, 2.75) is 64.8 Å². The van der Waals surface area contributed by atoms with E-state index in [0.717, 1.165) is 27.3 Å². The van der Waals surface area contributed by atoms with Crippen molar-refractivity contribution in [3.63, 3.8) is 0 Å². The first-order chi connectivity index (χ1) is 27.8. The summed E-state index contributed by atoms with van der Waals surface area (Å²) in [5.74, 6) is -2.74. The van der Waals surface area contributed by atoms with Gasteiger partial charge in [0.2, 0.25) is 27.7 Å². The van der Waals surface area contributed by atoms with Crippen LogP contribution in [0.15, 0.2) is 97.1 Å². The van der Waals surface area contributed by atoms with Crippen LogP contribution in [0.2, 0.25) is 5.02 Å². The monoisotopic (exact) mass is 845 g/mol. The van der Waals surface area contributed by atoms with E-state index in [2.05, 4.69) is 26.6 Å². The van der Waals surface area contributed by atoms with Crippen LogP contribution in [0.5, 0.6) is 0 Å². The molecule has 59 heavy (non-hydrogen) atoms. The second kappa shape index (κ2) is 20.8. The van der Waals surface area contributed by atoms with Gasteiger partial charge in [-0.2, -0.15) is 0 Å². The maximum atomic E-state index is 14.0. The van der Waals surface area contributed by atoms with Crippen molar-refractivity contribution >= 4 is 56.8 Å². The standard InChI is InChI=1S/C43H52ClN7O7S/c1-26(2)38(43(56)47-24-30-15-17-31(18-16-30)39(45)52)50-40(53)28(4)46-25-36(19-29-11-8-7-9-12-29)49-42(55)34-20-33(22-37(23-34)51(5)59(6,57)58)41(54)48-27(3)32-13-10-14-35(44)21-32/h7-18,20-23,26-28,36,38,46H,19,24-25H2,1-6H3,(H2,45,52)(H,47,56)(H,48,54)(H,49,55)(H,50,53)/t27-,28+,36+,38+/m1/s1. The zero-order valence-electron chi connectivity index (χ0n) is 33.9. The highest BCUT2D eigenvalue weighted by atomic mass is 35.5. The Balaban J connectivity index is 1.49. The van der Waals surface area contributed by atoms with E-state index in [9.17, 15) is 32.4 Å². The number of hydrogen-bond donors (Lipinski definition) is 6. The Bertz CT molecular complexity index is 2240. The number of nitrogens with two attached hydrogens (primary N) is 1. The quantitative estimate of drug-likeness (QED) is 0.0808. The summed E-state index contributed by atoms with van der Waals surface area (Å²) in [7, 11) is -2.44. The molecule has 0 saturated heterocycles. The molecule has 0 aliphatic carbocycles. The van der Waals surface area contributed by atoms with Crippen LogP contribution in [0.4, 0.5) is 5.69 Å². The van der Waals surface area contributed by atoms with Crippen molar-refractivity contribution in [2.24, 2.45) is 11.7 Å². The molecule has 0 radical (unpaired) electrons. The number of halogens is 1. The number of nitrogens with zero attached hydrogens (tertiary/aromatic N) is 1. The van der Waals surface area contributed by atoms with E-state index in [0.29, 0.717) is 17.0 Å². The summed E-state index contributed by atoms with van der Waals surface area (Å²) in [4.78, 5) is 65.6. The summed E-state index contributed by atoms with van der Waals surface area (Å²) in [6.07, 6.45) is 1.38. The van der Waals surface area contributed by atoms with E-state index in [4.69, 9.17) is 17.3 Å². The SMILES string of the molecule is CC(C)[C@H](NC(=O)[C@H](C)NC[C@H](Cc1ccccc1)NC(=O)c1cc(C(=O)N[C@H](C)c2cccc(Cl)c2)cc(N(C)S(C)(=O)=O)c1)C(=O)NCc1ccc(C(N)=O)cc1. The maximum Gasteiger partial charge on any atom is 0.251 e. The van der Waals surface area contributed by atoms with Gasteiger partial charge in [0, 0.05) is 47.9 Å². The van der Waals surface area contributed by atoms with Gasteiger partial charge in [-0.15, -0.1) is 0 Å². The molecule has 0 saturated carbocycles. The molecule has 14 nitrogen and oxygen atoms in total. The third-order valence-corrected chi connectivity index (χ3v) is 11.1. The van der Waals surface area contributed by atoms with Gasteiger partial charge < -0.3 is 32.3 Å². The molecule has 4 aromatic carbocycles. The van der Waals surface area contributed by atoms with Gasteiger partial charge in [0.05, 0.1) is 24.0 Å². The number of nitrogens with one attached hydrogen (secondary N) is 5. The predicted octanol–water partition coefficient (Wildman–Crippen LogP) is 4.10. The smallest absolute Gasteiger partial charge is 0.251 e. The Morgan fingerprint density at radius 2 is 1.36 bits per heavy atom. The van der Waals surface area contributed by atoms with Crippen molar-refractivity contribution in [2.75, 3.05) is 24.2 Å². The van der Waals surface area contributed by atoms with Crippen LogP contribution >= 0.6 is 11.6 Å². The van der Waals surface area contributed by atoms with Crippen molar-refractivity contribution in [3.8, 4) is 0 Å². The highest BCUT2D eigenvalue weighted by molar-refractivity contribution is 7.92. The van der Waals surface area contributed by atoms with E-state index in [1.165, 1.54) is 25.2 Å². The molecule has 0 aromatic heterocycles. The van der Waals surface area contributed by atoms with Crippen molar-refractivity contribution < 1.29 is 32.4 Å². The van der Waals surface area contributed by atoms with Gasteiger partial charge in [-0.05, 0) is 85.3 Å². The summed E-state index contributed by atoms with van der Waals surface area (Å²) in [5, 5.41) is 15.2. The van der Waals surface area contributed by atoms with E-state index >= 15 is 0 Å². The number of rotatable bonds is 19. The lowest BCUT2D eigenvalue weighted by atomic mass is 10.0. The molecule has 0 spiro atoms. The molecular weight excluding hydrogens is 794 g/mol. The van der Waals surface area contributed by atoms with E-state index in [1.54, 1.807) is 56.3 Å². The van der Waals surface area contributed by atoms with Crippen LogP contribution in [0.25, 0.3) is 0 Å². The van der Waals surface area contributed by atoms with Crippen LogP contribution in [0, 0.1) is 5.92 Å². The topological polar surface area (TPSA) is 209 Å². The Morgan fingerprint density at radius 1 is 0.729 bits per heavy atom. The highest BCUT2D eigenvalue weighted by Crippen LogP contribution is 2.23. The average molecular weight is 846 g/mol. The summed E-state index contributed by atoms with van der Waals surface area (Å²) >= 11 is 6.16. The second-order valence-corrected chi connectivity index (χ2v) is 17.2. The van der Waals surface area contributed by atoms with Gasteiger partial charge in [0.15, 0.2) is 0 Å². The first kappa shape index (κ1) is 45.9. The number of benzene rings is 4. The van der Waals surface area contributed by atoms with Gasteiger partial charge in [0.1, 0.15) is 6.04 Å². The molecule has 0 aliphatic heterocycles. The molecule has 4 aromatic rings. The Hall–Kier alpha value is -5.77. The van der Waals surface area contributed by atoms with Gasteiger partial charge in [0.25, 0.3) is 11.8 Å². The van der Waals surface area contributed by atoms with Crippen LogP contribution in [0.3, 0.4) is 0 Å². The normalized spacial score (nSPS) is 13.4. The molecule has 4 atom stereocenters. The van der Waals surface area contributed by atoms with E-state index in [1.807, 2.05) is 50.2 Å². The van der Waals surface area contributed by atoms with Crippen molar-refractivity contribution in [3.05, 3.63) is 135 Å². The molecule has 314 valence electrons. The van der Waals surface area contributed by atoms with Crippen LogP contribution in [0.1, 0.15) is 81.5 Å². The van der Waals surface area contributed by atoms with Crippen LogP contribution in [-0.4, -0.2) is 75.9 Å². The number of carbonyl (C=O) groups excluding carboxylic acids is 5. The number of hydrogen-bond acceptors (Lipinski definition) is 8.